The second-order valence-corrected chi connectivity index (χ2v) is 4.14. The molecular weight excluding hydrogens is 287 g/mol. The van der Waals surface area contributed by atoms with Crippen molar-refractivity contribution in [3.05, 3.63) is 45.0 Å². The third-order valence-electron chi connectivity index (χ3n) is 2.43. The molecule has 0 heterocycles. The predicted octanol–water partition coefficient (Wildman–Crippen LogP) is 2.98. The van der Waals surface area contributed by atoms with Crippen molar-refractivity contribution in [2.45, 2.75) is 13.0 Å². The zero-order valence-corrected chi connectivity index (χ0v) is 11.6. The fourth-order valence-corrected chi connectivity index (χ4v) is 1.89. The van der Waals surface area contributed by atoms with Gasteiger partial charge in [-0.1, -0.05) is 22.8 Å². The molecular formula is C12H14ClFN4O2. The van der Waals surface area contributed by atoms with Gasteiger partial charge in [0.25, 0.3) is 0 Å². The summed E-state index contributed by atoms with van der Waals surface area (Å²) in [7, 11) is 0. The maximum absolute atomic E-state index is 13.9. The number of ether oxygens (including phenoxy) is 1. The molecule has 0 saturated carbocycles. The minimum absolute atomic E-state index is 0.0218. The van der Waals surface area contributed by atoms with Crippen LogP contribution in [0.5, 0.6) is 0 Å². The summed E-state index contributed by atoms with van der Waals surface area (Å²) in [5.41, 5.74) is 8.21. The van der Waals surface area contributed by atoms with Crippen LogP contribution in [0.4, 0.5) is 4.39 Å². The Balaban J connectivity index is 2.97. The summed E-state index contributed by atoms with van der Waals surface area (Å²) >= 11 is 5.94. The summed E-state index contributed by atoms with van der Waals surface area (Å²) < 4.78 is 18.8. The highest BCUT2D eigenvalue weighted by molar-refractivity contribution is 6.31. The Bertz CT molecular complexity index is 500. The Hall–Kier alpha value is -1.82. The Morgan fingerprint density at radius 1 is 1.65 bits per heavy atom. The van der Waals surface area contributed by atoms with E-state index in [0.717, 1.165) is 0 Å². The van der Waals surface area contributed by atoms with Crippen LogP contribution in [0.3, 0.4) is 0 Å². The number of esters is 1. The number of rotatable bonds is 7. The normalized spacial score (nSPS) is 11.6. The number of hydrogen-bond acceptors (Lipinski definition) is 4. The maximum Gasteiger partial charge on any atom is 0.327 e. The summed E-state index contributed by atoms with van der Waals surface area (Å²) in [6.45, 7) is 2.13. The molecule has 0 spiro atoms. The number of carbonyl (C=O) groups is 1. The molecule has 0 aliphatic carbocycles. The number of halogens is 2. The summed E-state index contributed by atoms with van der Waals surface area (Å²) in [5.74, 6) is -1.24. The standard InChI is InChI=1S/C12H14ClFN4O2/c1-2-20-12(19)11(16-6-7-17-18-15)10-8(13)4-3-5-9(10)14/h3-5,11,16H,2,6-7H2,1H3. The molecule has 0 aromatic heterocycles. The van der Waals surface area contributed by atoms with E-state index in [2.05, 4.69) is 15.3 Å². The van der Waals surface area contributed by atoms with Crippen molar-refractivity contribution in [2.75, 3.05) is 19.7 Å². The molecule has 0 radical (unpaired) electrons. The van der Waals surface area contributed by atoms with Gasteiger partial charge >= 0.3 is 5.97 Å². The summed E-state index contributed by atoms with van der Waals surface area (Å²) in [5, 5.41) is 6.22. The first-order valence-corrected chi connectivity index (χ1v) is 6.34. The predicted molar refractivity (Wildman–Crippen MR) is 72.8 cm³/mol. The molecule has 1 aromatic rings. The monoisotopic (exact) mass is 300 g/mol. The molecule has 8 heteroatoms. The van der Waals surface area contributed by atoms with Gasteiger partial charge < -0.3 is 10.1 Å². The van der Waals surface area contributed by atoms with Gasteiger partial charge in [-0.2, -0.15) is 0 Å². The number of benzene rings is 1. The van der Waals surface area contributed by atoms with Gasteiger partial charge in [0.1, 0.15) is 11.9 Å². The first-order chi connectivity index (χ1) is 9.61. The lowest BCUT2D eigenvalue weighted by molar-refractivity contribution is -0.145. The number of carbonyl (C=O) groups excluding carboxylic acids is 1. The minimum atomic E-state index is -1.04. The lowest BCUT2D eigenvalue weighted by Crippen LogP contribution is -2.33. The molecule has 1 unspecified atom stereocenters. The van der Waals surface area contributed by atoms with E-state index in [4.69, 9.17) is 21.9 Å². The van der Waals surface area contributed by atoms with Gasteiger partial charge in [0.15, 0.2) is 0 Å². The molecule has 108 valence electrons. The Morgan fingerprint density at radius 3 is 3.00 bits per heavy atom. The highest BCUT2D eigenvalue weighted by atomic mass is 35.5. The zero-order valence-electron chi connectivity index (χ0n) is 10.8. The van der Waals surface area contributed by atoms with Crippen molar-refractivity contribution in [3.8, 4) is 0 Å². The van der Waals surface area contributed by atoms with Gasteiger partial charge in [-0.15, -0.1) is 0 Å². The average Bonchev–Trinajstić information content (AvgIpc) is 2.41. The van der Waals surface area contributed by atoms with Gasteiger partial charge in [0, 0.05) is 28.6 Å². The van der Waals surface area contributed by atoms with Crippen LogP contribution in [-0.4, -0.2) is 25.7 Å². The fraction of sp³-hybridized carbons (Fsp3) is 0.417. The molecule has 1 atom stereocenters. The van der Waals surface area contributed by atoms with E-state index in [0.29, 0.717) is 0 Å². The molecule has 1 rings (SSSR count). The minimum Gasteiger partial charge on any atom is -0.465 e. The summed E-state index contributed by atoms with van der Waals surface area (Å²) in [6.07, 6.45) is 0. The van der Waals surface area contributed by atoms with Crippen LogP contribution in [0.2, 0.25) is 5.02 Å². The van der Waals surface area contributed by atoms with Gasteiger partial charge in [0.05, 0.1) is 6.61 Å². The summed E-state index contributed by atoms with van der Waals surface area (Å²) in [6, 6.07) is 3.10. The second kappa shape index (κ2) is 8.37. The van der Waals surface area contributed by atoms with E-state index in [-0.39, 0.29) is 30.3 Å². The van der Waals surface area contributed by atoms with Crippen LogP contribution in [0, 0.1) is 5.82 Å². The topological polar surface area (TPSA) is 87.1 Å². The zero-order chi connectivity index (χ0) is 15.0. The van der Waals surface area contributed by atoms with E-state index in [9.17, 15) is 9.18 Å². The van der Waals surface area contributed by atoms with E-state index in [1.807, 2.05) is 0 Å². The van der Waals surface area contributed by atoms with Crippen molar-refractivity contribution >= 4 is 17.6 Å². The first kappa shape index (κ1) is 16.2. The smallest absolute Gasteiger partial charge is 0.327 e. The highest BCUT2D eigenvalue weighted by Crippen LogP contribution is 2.26. The lowest BCUT2D eigenvalue weighted by Gasteiger charge is -2.18. The molecule has 20 heavy (non-hydrogen) atoms. The SMILES string of the molecule is CCOC(=O)C(NCCN=[N+]=[N-])c1c(F)cccc1Cl. The first-order valence-electron chi connectivity index (χ1n) is 5.96. The average molecular weight is 301 g/mol. The molecule has 6 nitrogen and oxygen atoms in total. The van der Waals surface area contributed by atoms with Crippen molar-refractivity contribution in [1.82, 2.24) is 5.32 Å². The van der Waals surface area contributed by atoms with Crippen molar-refractivity contribution < 1.29 is 13.9 Å². The lowest BCUT2D eigenvalue weighted by atomic mass is 10.1. The third kappa shape index (κ3) is 4.38. The number of nitrogens with one attached hydrogen (secondary N) is 1. The van der Waals surface area contributed by atoms with Crippen LogP contribution < -0.4 is 5.32 Å². The van der Waals surface area contributed by atoms with E-state index in [1.165, 1.54) is 18.2 Å². The van der Waals surface area contributed by atoms with Crippen molar-refractivity contribution in [1.29, 1.82) is 0 Å². The highest BCUT2D eigenvalue weighted by Gasteiger charge is 2.26. The van der Waals surface area contributed by atoms with Gasteiger partial charge in [-0.05, 0) is 24.6 Å². The molecule has 0 bridgehead atoms. The Kier molecular flexibility index (Phi) is 6.79. The van der Waals surface area contributed by atoms with Crippen molar-refractivity contribution in [2.24, 2.45) is 5.11 Å². The van der Waals surface area contributed by atoms with Gasteiger partial charge in [-0.25, -0.2) is 9.18 Å². The molecule has 0 aliphatic rings. The van der Waals surface area contributed by atoms with Crippen molar-refractivity contribution in [3.63, 3.8) is 0 Å². The van der Waals surface area contributed by atoms with Gasteiger partial charge in [0.2, 0.25) is 0 Å². The number of azide groups is 1. The number of nitrogens with zero attached hydrogens (tertiary/aromatic N) is 3. The Labute approximate surface area is 120 Å². The number of hydrogen-bond donors (Lipinski definition) is 1. The summed E-state index contributed by atoms with van der Waals surface area (Å²) in [4.78, 5) is 14.5. The third-order valence-corrected chi connectivity index (χ3v) is 2.76. The fourth-order valence-electron chi connectivity index (χ4n) is 1.62. The van der Waals surface area contributed by atoms with Crippen LogP contribution in [-0.2, 0) is 9.53 Å². The molecule has 1 N–H and O–H groups in total. The van der Waals surface area contributed by atoms with Crippen LogP contribution in [0.15, 0.2) is 23.3 Å². The van der Waals surface area contributed by atoms with E-state index in [1.54, 1.807) is 6.92 Å². The maximum atomic E-state index is 13.9. The molecule has 0 fully saturated rings. The quantitative estimate of drug-likeness (QED) is 0.276. The molecule has 0 aliphatic heterocycles. The molecule has 1 aromatic carbocycles. The van der Waals surface area contributed by atoms with Gasteiger partial charge in [-0.3, -0.25) is 0 Å². The van der Waals surface area contributed by atoms with Crippen LogP contribution in [0.1, 0.15) is 18.5 Å². The molecule has 0 saturated heterocycles. The van der Waals surface area contributed by atoms with E-state index >= 15 is 0 Å². The Morgan fingerprint density at radius 2 is 2.40 bits per heavy atom. The largest absolute Gasteiger partial charge is 0.465 e. The second-order valence-electron chi connectivity index (χ2n) is 3.73. The molecule has 0 amide bonds. The van der Waals surface area contributed by atoms with Crippen LogP contribution in [0.25, 0.3) is 10.4 Å². The van der Waals surface area contributed by atoms with Crippen LogP contribution >= 0.6 is 11.6 Å². The van der Waals surface area contributed by atoms with E-state index < -0.39 is 17.8 Å².